The average molecular weight is 568 g/mol. The number of nitrogens with one attached hydrogen (secondary N) is 1. The van der Waals surface area contributed by atoms with Crippen LogP contribution in [0.2, 0.25) is 5.02 Å². The molecule has 2 atom stereocenters. The van der Waals surface area contributed by atoms with Crippen LogP contribution in [0.5, 0.6) is 5.75 Å². The van der Waals surface area contributed by atoms with E-state index in [0.29, 0.717) is 29.5 Å². The largest absolute Gasteiger partial charge is 0.490 e. The number of urea groups is 1. The van der Waals surface area contributed by atoms with Crippen molar-refractivity contribution in [3.63, 3.8) is 0 Å². The molecule has 2 aliphatic heterocycles. The summed E-state index contributed by atoms with van der Waals surface area (Å²) in [6.45, 7) is 4.24. The minimum Gasteiger partial charge on any atom is -0.490 e. The SMILES string of the molecule is CC(C)Oc1cc([N+](=O)[O-])ccc1C1=N[C@@H](c2ccc(Cl)cc2)[C@@H](c2cccs2)N1C(=O)N1CCNC(=O)C1. The summed E-state index contributed by atoms with van der Waals surface area (Å²) in [4.78, 5) is 46.5. The molecular weight excluding hydrogens is 542 g/mol. The third-order valence-electron chi connectivity index (χ3n) is 6.41. The van der Waals surface area contributed by atoms with Crippen LogP contribution >= 0.6 is 22.9 Å². The highest BCUT2D eigenvalue weighted by atomic mass is 35.5. The van der Waals surface area contributed by atoms with Gasteiger partial charge in [-0.05, 0) is 49.1 Å². The monoisotopic (exact) mass is 567 g/mol. The Balaban J connectivity index is 1.70. The van der Waals surface area contributed by atoms with Crippen LogP contribution in [-0.2, 0) is 4.79 Å². The molecule has 2 aromatic carbocycles. The van der Waals surface area contributed by atoms with Gasteiger partial charge in [-0.25, -0.2) is 4.79 Å². The summed E-state index contributed by atoms with van der Waals surface area (Å²) in [7, 11) is 0. The number of nitrogens with zero attached hydrogens (tertiary/aromatic N) is 4. The molecule has 3 aromatic rings. The smallest absolute Gasteiger partial charge is 0.326 e. The summed E-state index contributed by atoms with van der Waals surface area (Å²) in [5, 5.41) is 16.8. The lowest BCUT2D eigenvalue weighted by molar-refractivity contribution is -0.384. The van der Waals surface area contributed by atoms with Crippen LogP contribution in [0, 0.1) is 10.1 Å². The van der Waals surface area contributed by atoms with Gasteiger partial charge in [0.2, 0.25) is 5.91 Å². The number of piperazine rings is 1. The zero-order chi connectivity index (χ0) is 27.7. The Morgan fingerprint density at radius 3 is 2.64 bits per heavy atom. The van der Waals surface area contributed by atoms with Crippen LogP contribution in [0.1, 0.15) is 41.9 Å². The molecule has 2 aliphatic rings. The van der Waals surface area contributed by atoms with Crippen LogP contribution in [0.3, 0.4) is 0 Å². The summed E-state index contributed by atoms with van der Waals surface area (Å²) in [6.07, 6.45) is -0.289. The van der Waals surface area contributed by atoms with Crippen molar-refractivity contribution >= 4 is 46.4 Å². The second-order valence-electron chi connectivity index (χ2n) is 9.44. The van der Waals surface area contributed by atoms with E-state index in [-0.39, 0.29) is 36.0 Å². The quantitative estimate of drug-likeness (QED) is 0.325. The average Bonchev–Trinajstić information content (AvgIpc) is 3.56. The van der Waals surface area contributed by atoms with E-state index in [1.54, 1.807) is 23.1 Å². The third-order valence-corrected chi connectivity index (χ3v) is 7.60. The third kappa shape index (κ3) is 5.45. The second-order valence-corrected chi connectivity index (χ2v) is 10.9. The van der Waals surface area contributed by atoms with E-state index in [9.17, 15) is 19.7 Å². The number of amidine groups is 1. The van der Waals surface area contributed by atoms with Crippen LogP contribution in [-0.4, -0.2) is 58.2 Å². The van der Waals surface area contributed by atoms with Crippen LogP contribution < -0.4 is 10.1 Å². The van der Waals surface area contributed by atoms with Gasteiger partial charge in [-0.15, -0.1) is 11.3 Å². The Bertz CT molecular complexity index is 1430. The zero-order valence-corrected chi connectivity index (χ0v) is 22.8. The molecule has 10 nitrogen and oxygen atoms in total. The first-order chi connectivity index (χ1) is 18.7. The van der Waals surface area contributed by atoms with E-state index in [2.05, 4.69) is 5.32 Å². The highest BCUT2D eigenvalue weighted by Crippen LogP contribution is 2.46. The number of non-ortho nitro benzene ring substituents is 1. The van der Waals surface area contributed by atoms with E-state index in [1.807, 2.05) is 43.5 Å². The summed E-state index contributed by atoms with van der Waals surface area (Å²) in [5.41, 5.74) is 1.15. The predicted molar refractivity (Wildman–Crippen MR) is 148 cm³/mol. The molecule has 3 heterocycles. The van der Waals surface area contributed by atoms with Crippen molar-refractivity contribution in [1.82, 2.24) is 15.1 Å². The van der Waals surface area contributed by atoms with Gasteiger partial charge >= 0.3 is 6.03 Å². The van der Waals surface area contributed by atoms with Gasteiger partial charge in [0.15, 0.2) is 0 Å². The summed E-state index contributed by atoms with van der Waals surface area (Å²) < 4.78 is 6.01. The molecule has 0 bridgehead atoms. The highest BCUT2D eigenvalue weighted by Gasteiger charge is 2.45. The van der Waals surface area contributed by atoms with Gasteiger partial charge in [-0.2, -0.15) is 0 Å². The maximum absolute atomic E-state index is 14.2. The Morgan fingerprint density at radius 2 is 2.00 bits per heavy atom. The number of nitro groups is 1. The van der Waals surface area contributed by atoms with E-state index < -0.39 is 17.0 Å². The molecule has 0 aliphatic carbocycles. The normalized spacial score (nSPS) is 19.2. The fourth-order valence-electron chi connectivity index (χ4n) is 4.72. The number of ether oxygens (including phenoxy) is 1. The number of halogens is 1. The molecule has 0 spiro atoms. The van der Waals surface area contributed by atoms with Crippen molar-refractivity contribution in [2.75, 3.05) is 19.6 Å². The van der Waals surface area contributed by atoms with Crippen molar-refractivity contribution in [2.45, 2.75) is 32.0 Å². The van der Waals surface area contributed by atoms with Gasteiger partial charge in [-0.3, -0.25) is 24.8 Å². The molecule has 3 amide bonds. The molecule has 5 rings (SSSR count). The molecule has 12 heteroatoms. The molecule has 202 valence electrons. The first kappa shape index (κ1) is 26.6. The minimum atomic E-state index is -0.527. The summed E-state index contributed by atoms with van der Waals surface area (Å²) in [5.74, 6) is 0.317. The molecule has 0 unspecified atom stereocenters. The fraction of sp³-hybridized carbons (Fsp3) is 0.296. The van der Waals surface area contributed by atoms with Crippen molar-refractivity contribution in [2.24, 2.45) is 4.99 Å². The zero-order valence-electron chi connectivity index (χ0n) is 21.2. The topological polar surface area (TPSA) is 117 Å². The number of thiophene rings is 1. The number of nitro benzene ring substituents is 1. The molecule has 1 aromatic heterocycles. The summed E-state index contributed by atoms with van der Waals surface area (Å²) >= 11 is 7.67. The lowest BCUT2D eigenvalue weighted by Crippen LogP contribution is -2.55. The lowest BCUT2D eigenvalue weighted by Gasteiger charge is -2.35. The van der Waals surface area contributed by atoms with E-state index in [0.717, 1.165) is 10.4 Å². The number of benzene rings is 2. The molecule has 1 saturated heterocycles. The molecule has 1 fully saturated rings. The van der Waals surface area contributed by atoms with Gasteiger partial charge in [0.1, 0.15) is 30.2 Å². The van der Waals surface area contributed by atoms with Crippen LogP contribution in [0.4, 0.5) is 10.5 Å². The molecular formula is C27H26ClN5O5S. The maximum Gasteiger partial charge on any atom is 0.326 e. The van der Waals surface area contributed by atoms with E-state index >= 15 is 0 Å². The van der Waals surface area contributed by atoms with Gasteiger partial charge < -0.3 is 15.0 Å². The van der Waals surface area contributed by atoms with Gasteiger partial charge in [0, 0.05) is 29.1 Å². The standard InChI is InChI=1S/C27H26ClN5O5S/c1-16(2)38-21-14-19(33(36)37)9-10-20(21)26-30-24(17-5-7-18(28)8-6-17)25(22-4-3-13-39-22)32(26)27(35)31-12-11-29-23(34)15-31/h3-10,13-14,16,24-25H,11-12,15H2,1-2H3,(H,29,34)/t24-,25+/m0/s1. The number of aliphatic imine (C=N–C) groups is 1. The number of carbonyl (C=O) groups excluding carboxylic acids is 2. The summed E-state index contributed by atoms with van der Waals surface area (Å²) in [6, 6.07) is 14.0. The van der Waals surface area contributed by atoms with Gasteiger partial charge in [-0.1, -0.05) is 29.8 Å². The lowest BCUT2D eigenvalue weighted by atomic mass is 9.98. The molecule has 1 N–H and O–H groups in total. The first-order valence-electron chi connectivity index (χ1n) is 12.4. The van der Waals surface area contributed by atoms with Crippen molar-refractivity contribution in [3.8, 4) is 5.75 Å². The van der Waals surface area contributed by atoms with E-state index in [4.69, 9.17) is 21.3 Å². The molecule has 39 heavy (non-hydrogen) atoms. The molecule has 0 saturated carbocycles. The first-order valence-corrected chi connectivity index (χ1v) is 13.7. The number of carbonyl (C=O) groups is 2. The second kappa shape index (κ2) is 11.0. The minimum absolute atomic E-state index is 0.0823. The fourth-order valence-corrected chi connectivity index (χ4v) is 5.69. The van der Waals surface area contributed by atoms with Crippen molar-refractivity contribution in [1.29, 1.82) is 0 Å². The van der Waals surface area contributed by atoms with Crippen LogP contribution in [0.25, 0.3) is 0 Å². The Kier molecular flexibility index (Phi) is 7.53. The van der Waals surface area contributed by atoms with Crippen LogP contribution in [0.15, 0.2) is 65.0 Å². The number of amides is 3. The number of hydrogen-bond acceptors (Lipinski definition) is 7. The Hall–Kier alpha value is -3.96. The highest BCUT2D eigenvalue weighted by molar-refractivity contribution is 7.10. The van der Waals surface area contributed by atoms with Gasteiger partial charge in [0.25, 0.3) is 5.69 Å². The van der Waals surface area contributed by atoms with Crippen molar-refractivity contribution in [3.05, 3.63) is 91.1 Å². The van der Waals surface area contributed by atoms with Gasteiger partial charge in [0.05, 0.1) is 22.7 Å². The number of hydrogen-bond donors (Lipinski definition) is 1. The van der Waals surface area contributed by atoms with Crippen molar-refractivity contribution < 1.29 is 19.2 Å². The predicted octanol–water partition coefficient (Wildman–Crippen LogP) is 5.19. The number of rotatable bonds is 6. The maximum atomic E-state index is 14.2. The van der Waals surface area contributed by atoms with E-state index in [1.165, 1.54) is 28.4 Å². The Morgan fingerprint density at radius 1 is 1.23 bits per heavy atom. The Labute approximate surface area is 234 Å². The molecule has 0 radical (unpaired) electrons.